The largest absolute Gasteiger partial charge is 0.274 e. The van der Waals surface area contributed by atoms with Crippen LogP contribution in [-0.2, 0) is 9.59 Å². The predicted octanol–water partition coefficient (Wildman–Crippen LogP) is 3.12. The molecule has 4 atom stereocenters. The van der Waals surface area contributed by atoms with Gasteiger partial charge in [-0.15, -0.1) is 0 Å². The second-order valence-electron chi connectivity index (χ2n) is 5.99. The highest BCUT2D eigenvalue weighted by atomic mass is 79.9. The summed E-state index contributed by atoms with van der Waals surface area (Å²) in [5.41, 5.74) is 0.0944. The first kappa shape index (κ1) is 12.5. The number of carbonyl (C=O) groups is 2. The van der Waals surface area contributed by atoms with E-state index in [1.165, 1.54) is 12.1 Å². The minimum Gasteiger partial charge on any atom is -0.274 e. The van der Waals surface area contributed by atoms with Crippen molar-refractivity contribution in [2.24, 2.45) is 23.7 Å². The van der Waals surface area contributed by atoms with Crippen molar-refractivity contribution in [3.63, 3.8) is 0 Å². The topological polar surface area (TPSA) is 37.4 Å². The van der Waals surface area contributed by atoms with Crippen LogP contribution in [0.15, 0.2) is 22.7 Å². The number of rotatable bonds is 1. The monoisotopic (exact) mass is 337 g/mol. The Kier molecular flexibility index (Phi) is 2.58. The molecule has 0 radical (unpaired) electrons. The molecule has 0 N–H and O–H groups in total. The van der Waals surface area contributed by atoms with Crippen LogP contribution in [0.3, 0.4) is 0 Å². The third-order valence-corrected chi connectivity index (χ3v) is 5.57. The molecule has 5 heteroatoms. The summed E-state index contributed by atoms with van der Waals surface area (Å²) < 4.78 is 14.7. The SMILES string of the molecule is O=C1[C@H]2[C@@H]3CC[C@@H](C3)[C@@H]2C(=O)N1c1ccc(Br)cc1F. The molecule has 1 aromatic rings. The lowest BCUT2D eigenvalue weighted by Gasteiger charge is -2.19. The van der Waals surface area contributed by atoms with Gasteiger partial charge in [0.05, 0.1) is 17.5 Å². The predicted molar refractivity (Wildman–Crippen MR) is 74.4 cm³/mol. The molecule has 2 saturated carbocycles. The number of imide groups is 1. The standard InChI is InChI=1S/C15H13BrFNO2/c16-9-3-4-11(10(17)6-9)18-14(19)12-7-1-2-8(5-7)13(12)15(18)20/h3-4,6-8,12-13H,1-2,5H2/t7-,8+,12-,13-/m0/s1. The lowest BCUT2D eigenvalue weighted by Crippen LogP contribution is -2.33. The van der Waals surface area contributed by atoms with E-state index in [1.807, 2.05) is 0 Å². The number of hydrogen-bond donors (Lipinski definition) is 0. The molecule has 1 aromatic carbocycles. The van der Waals surface area contributed by atoms with E-state index in [0.29, 0.717) is 16.3 Å². The van der Waals surface area contributed by atoms with Crippen molar-refractivity contribution in [2.75, 3.05) is 4.90 Å². The Morgan fingerprint density at radius 3 is 2.25 bits per heavy atom. The number of nitrogens with zero attached hydrogens (tertiary/aromatic N) is 1. The van der Waals surface area contributed by atoms with Gasteiger partial charge in [-0.05, 0) is 49.3 Å². The van der Waals surface area contributed by atoms with E-state index in [0.717, 1.165) is 24.2 Å². The van der Waals surface area contributed by atoms with Crippen molar-refractivity contribution >= 4 is 33.4 Å². The van der Waals surface area contributed by atoms with Gasteiger partial charge in [0.25, 0.3) is 0 Å². The van der Waals surface area contributed by atoms with Gasteiger partial charge < -0.3 is 0 Å². The van der Waals surface area contributed by atoms with Crippen LogP contribution in [-0.4, -0.2) is 11.8 Å². The second kappa shape index (κ2) is 4.13. The Hall–Kier alpha value is -1.23. The van der Waals surface area contributed by atoms with Gasteiger partial charge in [-0.3, -0.25) is 9.59 Å². The zero-order valence-corrected chi connectivity index (χ0v) is 12.3. The van der Waals surface area contributed by atoms with Gasteiger partial charge in [0.15, 0.2) is 0 Å². The third-order valence-electron chi connectivity index (χ3n) is 5.08. The molecule has 0 spiro atoms. The Morgan fingerprint density at radius 2 is 1.70 bits per heavy atom. The summed E-state index contributed by atoms with van der Waals surface area (Å²) >= 11 is 3.18. The van der Waals surface area contributed by atoms with Crippen molar-refractivity contribution in [3.05, 3.63) is 28.5 Å². The van der Waals surface area contributed by atoms with E-state index in [9.17, 15) is 14.0 Å². The van der Waals surface area contributed by atoms with E-state index in [2.05, 4.69) is 15.9 Å². The second-order valence-corrected chi connectivity index (χ2v) is 6.91. The highest BCUT2D eigenvalue weighted by molar-refractivity contribution is 9.10. The number of halogens is 2. The van der Waals surface area contributed by atoms with Crippen molar-refractivity contribution < 1.29 is 14.0 Å². The minimum atomic E-state index is -0.534. The molecule has 3 aliphatic rings. The van der Waals surface area contributed by atoms with E-state index in [1.54, 1.807) is 6.07 Å². The number of carbonyl (C=O) groups excluding carboxylic acids is 2. The average Bonchev–Trinajstić information content (AvgIpc) is 3.06. The maximum Gasteiger partial charge on any atom is 0.238 e. The number of fused-ring (bicyclic) bond motifs is 5. The lowest BCUT2D eigenvalue weighted by atomic mass is 9.81. The summed E-state index contributed by atoms with van der Waals surface area (Å²) in [7, 11) is 0. The van der Waals surface area contributed by atoms with Crippen molar-refractivity contribution in [1.29, 1.82) is 0 Å². The van der Waals surface area contributed by atoms with Crippen molar-refractivity contribution in [3.8, 4) is 0 Å². The zero-order valence-electron chi connectivity index (χ0n) is 10.7. The maximum atomic E-state index is 14.1. The molecule has 1 aliphatic heterocycles. The van der Waals surface area contributed by atoms with Crippen LogP contribution in [0.5, 0.6) is 0 Å². The fraction of sp³-hybridized carbons (Fsp3) is 0.467. The molecule has 2 amide bonds. The first-order chi connectivity index (χ1) is 9.58. The fourth-order valence-corrected chi connectivity index (χ4v) is 4.64. The molecule has 0 unspecified atom stereocenters. The highest BCUT2D eigenvalue weighted by Crippen LogP contribution is 2.56. The quantitative estimate of drug-likeness (QED) is 0.738. The van der Waals surface area contributed by atoms with Gasteiger partial charge in [-0.2, -0.15) is 0 Å². The summed E-state index contributed by atoms with van der Waals surface area (Å²) in [6, 6.07) is 4.44. The van der Waals surface area contributed by atoms with E-state index >= 15 is 0 Å². The molecule has 3 fully saturated rings. The maximum absolute atomic E-state index is 14.1. The molecule has 3 nitrogen and oxygen atoms in total. The van der Waals surface area contributed by atoms with Crippen LogP contribution < -0.4 is 4.90 Å². The van der Waals surface area contributed by atoms with Gasteiger partial charge in [0.1, 0.15) is 5.82 Å². The van der Waals surface area contributed by atoms with Crippen LogP contribution in [0.4, 0.5) is 10.1 Å². The number of benzene rings is 1. The molecule has 20 heavy (non-hydrogen) atoms. The van der Waals surface area contributed by atoms with Crippen LogP contribution in [0.2, 0.25) is 0 Å². The Balaban J connectivity index is 1.77. The summed E-state index contributed by atoms with van der Waals surface area (Å²) in [4.78, 5) is 26.2. The van der Waals surface area contributed by atoms with Gasteiger partial charge in [0.2, 0.25) is 11.8 Å². The van der Waals surface area contributed by atoms with Crippen molar-refractivity contribution in [1.82, 2.24) is 0 Å². The summed E-state index contributed by atoms with van der Waals surface area (Å²) in [6.07, 6.45) is 3.05. The summed E-state index contributed by atoms with van der Waals surface area (Å²) in [5, 5.41) is 0. The van der Waals surface area contributed by atoms with E-state index in [4.69, 9.17) is 0 Å². The molecular weight excluding hydrogens is 325 g/mol. The molecule has 4 rings (SSSR count). The summed E-state index contributed by atoms with van der Waals surface area (Å²) in [5.74, 6) is -0.696. The van der Waals surface area contributed by atoms with Crippen LogP contribution in [0, 0.1) is 29.5 Å². The zero-order chi connectivity index (χ0) is 14.0. The van der Waals surface area contributed by atoms with Gasteiger partial charge >= 0.3 is 0 Å². The van der Waals surface area contributed by atoms with Crippen LogP contribution in [0.1, 0.15) is 19.3 Å². The molecule has 2 bridgehead atoms. The van der Waals surface area contributed by atoms with Gasteiger partial charge in [-0.1, -0.05) is 15.9 Å². The van der Waals surface area contributed by atoms with E-state index < -0.39 is 5.82 Å². The molecule has 2 aliphatic carbocycles. The Labute approximate surface area is 124 Å². The molecule has 104 valence electrons. The molecular formula is C15H13BrFNO2. The number of amides is 2. The van der Waals surface area contributed by atoms with Crippen LogP contribution in [0.25, 0.3) is 0 Å². The first-order valence-electron chi connectivity index (χ1n) is 6.91. The summed E-state index contributed by atoms with van der Waals surface area (Å²) in [6.45, 7) is 0. The molecule has 1 heterocycles. The molecule has 1 saturated heterocycles. The van der Waals surface area contributed by atoms with Gasteiger partial charge in [-0.25, -0.2) is 9.29 Å². The van der Waals surface area contributed by atoms with Gasteiger partial charge in [0, 0.05) is 4.47 Å². The fourth-order valence-electron chi connectivity index (χ4n) is 4.31. The first-order valence-corrected chi connectivity index (χ1v) is 7.70. The van der Waals surface area contributed by atoms with Crippen molar-refractivity contribution in [2.45, 2.75) is 19.3 Å². The smallest absolute Gasteiger partial charge is 0.238 e. The normalized spacial score (nSPS) is 35.0. The number of hydrogen-bond acceptors (Lipinski definition) is 2. The minimum absolute atomic E-state index is 0.0944. The lowest BCUT2D eigenvalue weighted by molar-refractivity contribution is -0.123. The average molecular weight is 338 g/mol. The van der Waals surface area contributed by atoms with Crippen LogP contribution >= 0.6 is 15.9 Å². The third kappa shape index (κ3) is 1.50. The molecule has 0 aromatic heterocycles. The number of anilines is 1. The Morgan fingerprint density at radius 1 is 1.10 bits per heavy atom. The van der Waals surface area contributed by atoms with E-state index in [-0.39, 0.29) is 29.3 Å². The highest BCUT2D eigenvalue weighted by Gasteiger charge is 2.61. The Bertz CT molecular complexity index is 604.